The van der Waals surface area contributed by atoms with E-state index >= 15 is 0 Å². The Morgan fingerprint density at radius 1 is 1.19 bits per heavy atom. The minimum absolute atomic E-state index is 0.128. The van der Waals surface area contributed by atoms with Gasteiger partial charge in [0.25, 0.3) is 0 Å². The number of rotatable bonds is 4. The van der Waals surface area contributed by atoms with Gasteiger partial charge in [0.15, 0.2) is 0 Å². The monoisotopic (exact) mass is 287 g/mol. The molecule has 0 aliphatic carbocycles. The van der Waals surface area contributed by atoms with Crippen molar-refractivity contribution in [3.63, 3.8) is 0 Å². The number of furan rings is 1. The van der Waals surface area contributed by atoms with Gasteiger partial charge in [-0.3, -0.25) is 4.79 Å². The van der Waals surface area contributed by atoms with E-state index in [0.717, 1.165) is 16.8 Å². The maximum Gasteiger partial charge on any atom is 0.319 e. The minimum Gasteiger partial charge on any atom is -0.472 e. The molecule has 6 nitrogen and oxygen atoms in total. The molecule has 1 aromatic heterocycles. The lowest BCUT2D eigenvalue weighted by atomic mass is 10.1. The van der Waals surface area contributed by atoms with E-state index in [1.807, 2.05) is 6.92 Å². The maximum atomic E-state index is 11.8. The Hall–Kier alpha value is -2.76. The van der Waals surface area contributed by atoms with Gasteiger partial charge in [0, 0.05) is 30.4 Å². The summed E-state index contributed by atoms with van der Waals surface area (Å²) in [6, 6.07) is 6.76. The summed E-state index contributed by atoms with van der Waals surface area (Å²) < 4.78 is 4.92. The van der Waals surface area contributed by atoms with Crippen LogP contribution in [0.3, 0.4) is 0 Å². The first-order valence-electron chi connectivity index (χ1n) is 6.49. The number of anilines is 2. The van der Waals surface area contributed by atoms with Gasteiger partial charge in [0.05, 0.1) is 12.5 Å². The molecule has 0 unspecified atom stereocenters. The zero-order chi connectivity index (χ0) is 15.2. The number of benzene rings is 1. The maximum absolute atomic E-state index is 11.8. The van der Waals surface area contributed by atoms with Crippen LogP contribution in [0.1, 0.15) is 18.1 Å². The minimum atomic E-state index is -0.303. The molecule has 1 heterocycles. The van der Waals surface area contributed by atoms with Gasteiger partial charge in [-0.1, -0.05) is 0 Å². The first-order chi connectivity index (χ1) is 10.0. The molecule has 3 amide bonds. The van der Waals surface area contributed by atoms with E-state index in [1.54, 1.807) is 36.8 Å². The van der Waals surface area contributed by atoms with Crippen LogP contribution in [-0.2, 0) is 11.3 Å². The highest BCUT2D eigenvalue weighted by Crippen LogP contribution is 2.19. The molecule has 0 aliphatic heterocycles. The van der Waals surface area contributed by atoms with Crippen molar-refractivity contribution in [2.75, 3.05) is 10.6 Å². The summed E-state index contributed by atoms with van der Waals surface area (Å²) in [6.45, 7) is 3.71. The lowest BCUT2D eigenvalue weighted by Gasteiger charge is -2.10. The van der Waals surface area contributed by atoms with Crippen molar-refractivity contribution in [1.82, 2.24) is 5.32 Å². The summed E-state index contributed by atoms with van der Waals surface area (Å²) in [6.07, 6.45) is 3.13. The normalized spacial score (nSPS) is 10.0. The van der Waals surface area contributed by atoms with Crippen molar-refractivity contribution in [1.29, 1.82) is 0 Å². The Morgan fingerprint density at radius 3 is 2.62 bits per heavy atom. The summed E-state index contributed by atoms with van der Waals surface area (Å²) in [4.78, 5) is 22.8. The van der Waals surface area contributed by atoms with Crippen molar-refractivity contribution in [3.8, 4) is 0 Å². The third kappa shape index (κ3) is 4.38. The fourth-order valence-corrected chi connectivity index (χ4v) is 1.82. The average Bonchev–Trinajstić information content (AvgIpc) is 2.92. The number of hydrogen-bond donors (Lipinski definition) is 3. The highest BCUT2D eigenvalue weighted by molar-refractivity contribution is 5.92. The molecule has 2 rings (SSSR count). The van der Waals surface area contributed by atoms with Crippen LogP contribution in [0.5, 0.6) is 0 Å². The molecular formula is C15H17N3O3. The van der Waals surface area contributed by atoms with Crippen molar-refractivity contribution < 1.29 is 14.0 Å². The van der Waals surface area contributed by atoms with Crippen molar-refractivity contribution >= 4 is 23.3 Å². The standard InChI is InChI=1S/C15H17N3O3/c1-10-7-13(3-4-14(10)17-11(2)19)18-15(20)16-8-12-5-6-21-9-12/h3-7,9H,8H2,1-2H3,(H,17,19)(H2,16,18,20). The first-order valence-corrected chi connectivity index (χ1v) is 6.49. The summed E-state index contributed by atoms with van der Waals surface area (Å²) in [7, 11) is 0. The van der Waals surface area contributed by atoms with Crippen LogP contribution in [0.2, 0.25) is 0 Å². The molecule has 0 fully saturated rings. The van der Waals surface area contributed by atoms with Crippen LogP contribution in [0, 0.1) is 6.92 Å². The van der Waals surface area contributed by atoms with Gasteiger partial charge in [0.2, 0.25) is 5.91 Å². The van der Waals surface area contributed by atoms with Gasteiger partial charge < -0.3 is 20.4 Å². The average molecular weight is 287 g/mol. The molecule has 110 valence electrons. The van der Waals surface area contributed by atoms with E-state index in [1.165, 1.54) is 6.92 Å². The van der Waals surface area contributed by atoms with Gasteiger partial charge in [-0.15, -0.1) is 0 Å². The second kappa shape index (κ2) is 6.60. The molecule has 0 bridgehead atoms. The topological polar surface area (TPSA) is 83.4 Å². The molecular weight excluding hydrogens is 270 g/mol. The number of carbonyl (C=O) groups excluding carboxylic acids is 2. The van der Waals surface area contributed by atoms with Gasteiger partial charge in [-0.2, -0.15) is 0 Å². The quantitative estimate of drug-likeness (QED) is 0.808. The number of amides is 3. The molecule has 0 spiro atoms. The molecule has 0 saturated heterocycles. The molecule has 0 atom stereocenters. The zero-order valence-electron chi connectivity index (χ0n) is 11.9. The summed E-state index contributed by atoms with van der Waals surface area (Å²) >= 11 is 0. The number of aryl methyl sites for hydroxylation is 1. The molecule has 0 saturated carbocycles. The number of carbonyl (C=O) groups is 2. The number of hydrogen-bond acceptors (Lipinski definition) is 3. The van der Waals surface area contributed by atoms with Crippen molar-refractivity contribution in [3.05, 3.63) is 47.9 Å². The summed E-state index contributed by atoms with van der Waals surface area (Å²) in [5.74, 6) is -0.128. The van der Waals surface area contributed by atoms with E-state index < -0.39 is 0 Å². The SMILES string of the molecule is CC(=O)Nc1ccc(NC(=O)NCc2ccoc2)cc1C. The predicted molar refractivity (Wildman–Crippen MR) is 80.0 cm³/mol. The van der Waals surface area contributed by atoms with Crippen LogP contribution in [-0.4, -0.2) is 11.9 Å². The van der Waals surface area contributed by atoms with Gasteiger partial charge in [-0.25, -0.2) is 4.79 Å². The van der Waals surface area contributed by atoms with Gasteiger partial charge in [-0.05, 0) is 36.8 Å². The lowest BCUT2D eigenvalue weighted by molar-refractivity contribution is -0.114. The van der Waals surface area contributed by atoms with Crippen LogP contribution >= 0.6 is 0 Å². The molecule has 2 aromatic rings. The highest BCUT2D eigenvalue weighted by Gasteiger charge is 2.05. The predicted octanol–water partition coefficient (Wildman–Crippen LogP) is 2.87. The third-order valence-corrected chi connectivity index (χ3v) is 2.83. The van der Waals surface area contributed by atoms with E-state index in [0.29, 0.717) is 12.2 Å². The van der Waals surface area contributed by atoms with Crippen LogP contribution in [0.15, 0.2) is 41.2 Å². The Bertz CT molecular complexity index is 636. The second-order valence-corrected chi connectivity index (χ2v) is 4.65. The first kappa shape index (κ1) is 14.6. The zero-order valence-corrected chi connectivity index (χ0v) is 11.9. The van der Waals surface area contributed by atoms with Crippen LogP contribution < -0.4 is 16.0 Å². The molecule has 0 aliphatic rings. The molecule has 6 heteroatoms. The highest BCUT2D eigenvalue weighted by atomic mass is 16.3. The van der Waals surface area contributed by atoms with Gasteiger partial charge in [0.1, 0.15) is 0 Å². The number of urea groups is 1. The van der Waals surface area contributed by atoms with Crippen LogP contribution in [0.25, 0.3) is 0 Å². The van der Waals surface area contributed by atoms with Crippen LogP contribution in [0.4, 0.5) is 16.2 Å². The Balaban J connectivity index is 1.91. The van der Waals surface area contributed by atoms with E-state index in [4.69, 9.17) is 4.42 Å². The van der Waals surface area contributed by atoms with Crippen molar-refractivity contribution in [2.45, 2.75) is 20.4 Å². The summed E-state index contributed by atoms with van der Waals surface area (Å²) in [5.41, 5.74) is 3.15. The molecule has 3 N–H and O–H groups in total. The number of nitrogens with one attached hydrogen (secondary N) is 3. The molecule has 0 radical (unpaired) electrons. The molecule has 1 aromatic carbocycles. The second-order valence-electron chi connectivity index (χ2n) is 4.65. The van der Waals surface area contributed by atoms with Crippen molar-refractivity contribution in [2.24, 2.45) is 0 Å². The Morgan fingerprint density at radius 2 is 2.00 bits per heavy atom. The van der Waals surface area contributed by atoms with E-state index in [-0.39, 0.29) is 11.9 Å². The van der Waals surface area contributed by atoms with E-state index in [9.17, 15) is 9.59 Å². The smallest absolute Gasteiger partial charge is 0.319 e. The van der Waals surface area contributed by atoms with Gasteiger partial charge >= 0.3 is 6.03 Å². The fraction of sp³-hybridized carbons (Fsp3) is 0.200. The Kier molecular flexibility index (Phi) is 4.61. The Labute approximate surface area is 122 Å². The largest absolute Gasteiger partial charge is 0.472 e. The van der Waals surface area contributed by atoms with E-state index in [2.05, 4.69) is 16.0 Å². The third-order valence-electron chi connectivity index (χ3n) is 2.83. The molecule has 21 heavy (non-hydrogen) atoms. The summed E-state index contributed by atoms with van der Waals surface area (Å²) in [5, 5.41) is 8.17. The fourth-order valence-electron chi connectivity index (χ4n) is 1.82. The lowest BCUT2D eigenvalue weighted by Crippen LogP contribution is -2.28.